The van der Waals surface area contributed by atoms with Crippen LogP contribution in [0, 0.1) is 12.7 Å². The molecule has 0 aromatic carbocycles. The molecule has 7 heteroatoms. The smallest absolute Gasteiger partial charge is 0.142 e. The molecule has 1 saturated carbocycles. The van der Waals surface area contributed by atoms with E-state index in [0.717, 1.165) is 29.7 Å². The van der Waals surface area contributed by atoms with Crippen LogP contribution in [0.2, 0.25) is 0 Å². The van der Waals surface area contributed by atoms with Crippen LogP contribution in [0.5, 0.6) is 0 Å². The Hall–Kier alpha value is -3.09. The predicted molar refractivity (Wildman–Crippen MR) is 107 cm³/mol. The Bertz CT molecular complexity index is 1190. The summed E-state index contributed by atoms with van der Waals surface area (Å²) in [6.07, 6.45) is 11.5. The van der Waals surface area contributed by atoms with Crippen molar-refractivity contribution in [3.63, 3.8) is 0 Å². The van der Waals surface area contributed by atoms with Gasteiger partial charge in [0.05, 0.1) is 30.3 Å². The van der Waals surface area contributed by atoms with Crippen molar-refractivity contribution in [1.29, 1.82) is 0 Å². The second kappa shape index (κ2) is 6.76. The summed E-state index contributed by atoms with van der Waals surface area (Å²) in [4.78, 5) is 8.83. The van der Waals surface area contributed by atoms with Crippen LogP contribution in [0.15, 0.2) is 49.2 Å². The second-order valence-electron chi connectivity index (χ2n) is 7.90. The summed E-state index contributed by atoms with van der Waals surface area (Å²) in [5.74, 6) is -0.424. The lowest BCUT2D eigenvalue weighted by Gasteiger charge is -2.18. The quantitative estimate of drug-likeness (QED) is 0.491. The van der Waals surface area contributed by atoms with Crippen LogP contribution in [-0.4, -0.2) is 29.8 Å². The number of fused-ring (bicyclic) bond motifs is 1. The first-order chi connectivity index (χ1) is 14.0. The number of rotatable bonds is 4. The minimum absolute atomic E-state index is 0.227. The Morgan fingerprint density at radius 2 is 1.93 bits per heavy atom. The Morgan fingerprint density at radius 1 is 1.10 bits per heavy atom. The summed E-state index contributed by atoms with van der Waals surface area (Å²) in [7, 11) is 0. The van der Waals surface area contributed by atoms with Gasteiger partial charge in [0.15, 0.2) is 0 Å². The first-order valence-electron chi connectivity index (χ1n) is 9.82. The molecule has 4 aromatic rings. The molecule has 0 spiro atoms. The molecule has 0 unspecified atom stereocenters. The van der Waals surface area contributed by atoms with E-state index in [1.54, 1.807) is 17.1 Å². The van der Waals surface area contributed by atoms with Crippen molar-refractivity contribution in [1.82, 2.24) is 24.1 Å². The number of hydrogen-bond acceptors (Lipinski definition) is 3. The molecule has 0 amide bonds. The molecule has 4 aromatic heterocycles. The van der Waals surface area contributed by atoms with E-state index in [0.29, 0.717) is 29.7 Å². The number of hydrogen-bond donors (Lipinski definition) is 0. The Labute approximate surface area is 167 Å². The Kier molecular flexibility index (Phi) is 4.19. The SMILES string of the molecule is Cc1cn2ccc(-c3ncc(F)cc3-c3cnn(CC4(F)CCCC4)c3)cc2n1. The monoisotopic (exact) mass is 393 g/mol. The average Bonchev–Trinajstić information content (AvgIpc) is 3.40. The first kappa shape index (κ1) is 18.0. The summed E-state index contributed by atoms with van der Waals surface area (Å²) >= 11 is 0. The van der Waals surface area contributed by atoms with E-state index in [-0.39, 0.29) is 6.54 Å². The molecule has 1 aliphatic rings. The summed E-state index contributed by atoms with van der Waals surface area (Å²) in [5.41, 5.74) is 3.34. The van der Waals surface area contributed by atoms with Gasteiger partial charge in [0.2, 0.25) is 0 Å². The zero-order chi connectivity index (χ0) is 20.0. The van der Waals surface area contributed by atoms with Crippen molar-refractivity contribution in [2.24, 2.45) is 0 Å². The van der Waals surface area contributed by atoms with Crippen LogP contribution in [0.25, 0.3) is 28.0 Å². The molecular formula is C22H21F2N5. The molecule has 29 heavy (non-hydrogen) atoms. The summed E-state index contributed by atoms with van der Waals surface area (Å²) in [5, 5.41) is 4.33. The van der Waals surface area contributed by atoms with Gasteiger partial charge in [0, 0.05) is 35.3 Å². The molecule has 5 rings (SSSR count). The van der Waals surface area contributed by atoms with Gasteiger partial charge in [-0.3, -0.25) is 9.67 Å². The Morgan fingerprint density at radius 3 is 2.76 bits per heavy atom. The third-order valence-electron chi connectivity index (χ3n) is 5.60. The molecule has 5 nitrogen and oxygen atoms in total. The zero-order valence-corrected chi connectivity index (χ0v) is 16.1. The van der Waals surface area contributed by atoms with Crippen LogP contribution in [0.4, 0.5) is 8.78 Å². The number of imidazole rings is 1. The molecule has 0 saturated heterocycles. The highest BCUT2D eigenvalue weighted by atomic mass is 19.1. The van der Waals surface area contributed by atoms with Crippen LogP contribution in [0.1, 0.15) is 31.4 Å². The van der Waals surface area contributed by atoms with Crippen molar-refractivity contribution in [2.45, 2.75) is 44.8 Å². The van der Waals surface area contributed by atoms with Gasteiger partial charge in [0.1, 0.15) is 17.1 Å². The fourth-order valence-corrected chi connectivity index (χ4v) is 4.19. The molecule has 4 heterocycles. The number of halogens is 2. The van der Waals surface area contributed by atoms with Crippen molar-refractivity contribution in [2.75, 3.05) is 0 Å². The summed E-state index contributed by atoms with van der Waals surface area (Å²) < 4.78 is 32.4. The standard InChI is InChI=1S/C22H21F2N5/c1-15-12-28-7-4-16(8-20(28)27-15)21-19(9-18(23)11-25-21)17-10-26-29(13-17)14-22(24)5-2-3-6-22/h4,7-13H,2-3,5-6,14H2,1H3. The molecule has 0 radical (unpaired) electrons. The van der Waals surface area contributed by atoms with Gasteiger partial charge in [0.25, 0.3) is 0 Å². The van der Waals surface area contributed by atoms with Gasteiger partial charge in [-0.1, -0.05) is 12.8 Å². The fourth-order valence-electron chi connectivity index (χ4n) is 4.19. The highest BCUT2D eigenvalue weighted by Crippen LogP contribution is 2.36. The zero-order valence-electron chi connectivity index (χ0n) is 16.1. The molecule has 1 aliphatic carbocycles. The third-order valence-corrected chi connectivity index (χ3v) is 5.60. The molecule has 0 atom stereocenters. The first-order valence-corrected chi connectivity index (χ1v) is 9.82. The van der Waals surface area contributed by atoms with E-state index in [2.05, 4.69) is 15.1 Å². The van der Waals surface area contributed by atoms with E-state index < -0.39 is 11.5 Å². The molecule has 1 fully saturated rings. The van der Waals surface area contributed by atoms with E-state index >= 15 is 0 Å². The van der Waals surface area contributed by atoms with Gasteiger partial charge < -0.3 is 4.40 Å². The lowest BCUT2D eigenvalue weighted by Crippen LogP contribution is -2.25. The maximum atomic E-state index is 14.8. The maximum Gasteiger partial charge on any atom is 0.142 e. The highest BCUT2D eigenvalue weighted by Gasteiger charge is 2.34. The molecule has 0 N–H and O–H groups in total. The number of nitrogens with zero attached hydrogens (tertiary/aromatic N) is 5. The van der Waals surface area contributed by atoms with Gasteiger partial charge in [-0.2, -0.15) is 5.10 Å². The minimum atomic E-state index is -1.20. The molecule has 0 aliphatic heterocycles. The van der Waals surface area contributed by atoms with E-state index in [4.69, 9.17) is 0 Å². The van der Waals surface area contributed by atoms with Gasteiger partial charge in [-0.15, -0.1) is 0 Å². The molecule has 0 bridgehead atoms. The number of alkyl halides is 1. The fraction of sp³-hybridized carbons (Fsp3) is 0.318. The largest absolute Gasteiger partial charge is 0.307 e. The van der Waals surface area contributed by atoms with Crippen molar-refractivity contribution in [3.8, 4) is 22.4 Å². The maximum absolute atomic E-state index is 14.8. The van der Waals surface area contributed by atoms with Crippen molar-refractivity contribution < 1.29 is 8.78 Å². The second-order valence-corrected chi connectivity index (χ2v) is 7.90. The predicted octanol–water partition coefficient (Wildman–Crippen LogP) is 4.99. The number of aryl methyl sites for hydroxylation is 1. The molecular weight excluding hydrogens is 372 g/mol. The normalized spacial score (nSPS) is 16.0. The van der Waals surface area contributed by atoms with Crippen molar-refractivity contribution >= 4 is 5.65 Å². The van der Waals surface area contributed by atoms with Crippen LogP contribution in [-0.2, 0) is 6.54 Å². The topological polar surface area (TPSA) is 48.0 Å². The number of pyridine rings is 2. The summed E-state index contributed by atoms with van der Waals surface area (Å²) in [6, 6.07) is 5.30. The van der Waals surface area contributed by atoms with Gasteiger partial charge in [-0.05, 0) is 38.0 Å². The third kappa shape index (κ3) is 3.41. The number of aromatic nitrogens is 5. The van der Waals surface area contributed by atoms with E-state index in [1.165, 1.54) is 12.3 Å². The summed E-state index contributed by atoms with van der Waals surface area (Å²) in [6.45, 7) is 2.16. The van der Waals surface area contributed by atoms with Crippen LogP contribution in [0.3, 0.4) is 0 Å². The van der Waals surface area contributed by atoms with Crippen LogP contribution < -0.4 is 0 Å². The van der Waals surface area contributed by atoms with Gasteiger partial charge in [-0.25, -0.2) is 13.8 Å². The van der Waals surface area contributed by atoms with E-state index in [9.17, 15) is 8.78 Å². The minimum Gasteiger partial charge on any atom is -0.307 e. The lowest BCUT2D eigenvalue weighted by molar-refractivity contribution is 0.139. The Balaban J connectivity index is 1.54. The van der Waals surface area contributed by atoms with Crippen molar-refractivity contribution in [3.05, 3.63) is 60.7 Å². The highest BCUT2D eigenvalue weighted by molar-refractivity contribution is 5.81. The average molecular weight is 393 g/mol. The van der Waals surface area contributed by atoms with E-state index in [1.807, 2.05) is 35.9 Å². The van der Waals surface area contributed by atoms with Gasteiger partial charge >= 0.3 is 0 Å². The van der Waals surface area contributed by atoms with Crippen LogP contribution >= 0.6 is 0 Å². The lowest BCUT2D eigenvalue weighted by atomic mass is 10.0. The molecule has 148 valence electrons.